The molecule has 70 heavy (non-hydrogen) atoms. The number of nitriles is 1. The molecule has 1 aliphatic heterocycles. The topological polar surface area (TPSA) is 181 Å². The van der Waals surface area contributed by atoms with E-state index in [9.17, 15) is 10.1 Å². The third kappa shape index (κ3) is 10.7. The Hall–Kier alpha value is -6.32. The quantitative estimate of drug-likeness (QED) is 0.0385. The number of carbonyl (C=O) groups is 1. The maximum Gasteiger partial charge on any atom is 0.409 e. The standard InChI is InChI=1S/C52H56N7O9PS/c1-35(2)59(36(3)4)69(61,66-29-14-28-53)68-46-44(32-65-52(38-17-11-8-12-18-38,39-20-24-41(62-5)25-21-39)40-22-26-42(63-6)27-23-40)67-51(47(46)64-31-43-19-13-30-70-43)58-34-56-45-48(54-33-55-49(45)58)57-50(60)37-15-9-7-10-16-37/h7-13,15-27,30,33-36,44,46-47,51H,14,29,31-32H2,1-6H3,(H,54,55,57,60)/t44?,46-,47-,51-,69?/m1/s1. The highest BCUT2D eigenvalue weighted by molar-refractivity contribution is 7.51. The first-order valence-electron chi connectivity index (χ1n) is 22.9. The molecule has 2 unspecified atom stereocenters. The number of imidazole rings is 1. The summed E-state index contributed by atoms with van der Waals surface area (Å²) in [7, 11) is -1.07. The second-order valence-electron chi connectivity index (χ2n) is 16.9. The molecule has 4 heterocycles. The fourth-order valence-corrected chi connectivity index (χ4v) is 11.7. The van der Waals surface area contributed by atoms with Gasteiger partial charge >= 0.3 is 7.75 Å². The lowest BCUT2D eigenvalue weighted by atomic mass is 9.80. The summed E-state index contributed by atoms with van der Waals surface area (Å²) in [5, 5.41) is 14.4. The van der Waals surface area contributed by atoms with Gasteiger partial charge in [-0.05, 0) is 92.2 Å². The van der Waals surface area contributed by atoms with Crippen LogP contribution in [-0.2, 0) is 40.0 Å². The van der Waals surface area contributed by atoms with Crippen LogP contribution in [-0.4, -0.2) is 87.9 Å². The van der Waals surface area contributed by atoms with Crippen LogP contribution >= 0.6 is 19.1 Å². The molecule has 1 fully saturated rings. The van der Waals surface area contributed by atoms with Crippen molar-refractivity contribution in [2.24, 2.45) is 0 Å². The van der Waals surface area contributed by atoms with Gasteiger partial charge < -0.3 is 29.0 Å². The van der Waals surface area contributed by atoms with Gasteiger partial charge in [0, 0.05) is 22.5 Å². The number of amides is 1. The van der Waals surface area contributed by atoms with Gasteiger partial charge in [0.1, 0.15) is 41.7 Å². The molecule has 0 bridgehead atoms. The van der Waals surface area contributed by atoms with Crippen LogP contribution < -0.4 is 14.8 Å². The number of anilines is 1. The van der Waals surface area contributed by atoms with Crippen molar-refractivity contribution in [1.29, 1.82) is 5.26 Å². The van der Waals surface area contributed by atoms with Gasteiger partial charge in [-0.2, -0.15) is 5.26 Å². The normalized spacial score (nSPS) is 18.0. The molecule has 5 atom stereocenters. The third-order valence-electron chi connectivity index (χ3n) is 11.9. The zero-order valence-corrected chi connectivity index (χ0v) is 41.5. The summed E-state index contributed by atoms with van der Waals surface area (Å²) in [6, 6.07) is 39.3. The third-order valence-corrected chi connectivity index (χ3v) is 15.2. The van der Waals surface area contributed by atoms with Crippen LogP contribution in [0.25, 0.3) is 11.2 Å². The summed E-state index contributed by atoms with van der Waals surface area (Å²) in [6.07, 6.45) is -1.39. The minimum Gasteiger partial charge on any atom is -0.497 e. The Labute approximate surface area is 411 Å². The number of carbonyl (C=O) groups excluding carboxylic acids is 1. The Morgan fingerprint density at radius 3 is 2.06 bits per heavy atom. The molecular weight excluding hydrogens is 930 g/mol. The Kier molecular flexibility index (Phi) is 16.2. The van der Waals surface area contributed by atoms with Gasteiger partial charge in [-0.1, -0.05) is 78.9 Å². The van der Waals surface area contributed by atoms with Crippen molar-refractivity contribution in [3.8, 4) is 17.6 Å². The summed E-state index contributed by atoms with van der Waals surface area (Å²) in [4.78, 5) is 28.1. The maximum absolute atomic E-state index is 15.7. The molecule has 16 nitrogen and oxygen atoms in total. The van der Waals surface area contributed by atoms with Crippen LogP contribution in [0, 0.1) is 11.3 Å². The van der Waals surface area contributed by atoms with E-state index in [-0.39, 0.29) is 50.1 Å². The van der Waals surface area contributed by atoms with E-state index in [1.54, 1.807) is 54.0 Å². The lowest BCUT2D eigenvalue weighted by Gasteiger charge is -2.39. The molecule has 18 heteroatoms. The van der Waals surface area contributed by atoms with E-state index in [1.165, 1.54) is 17.7 Å². The first-order chi connectivity index (χ1) is 34.0. The second kappa shape index (κ2) is 22.6. The molecule has 4 aromatic carbocycles. The van der Waals surface area contributed by atoms with Crippen molar-refractivity contribution in [3.05, 3.63) is 166 Å². The average molecular weight is 986 g/mol. The summed E-state index contributed by atoms with van der Waals surface area (Å²) in [5.74, 6) is 1.13. The number of aromatic nitrogens is 4. The van der Waals surface area contributed by atoms with E-state index < -0.39 is 37.9 Å². The Bertz CT molecular complexity index is 2830. The SMILES string of the molecule is COc1ccc(C(OCC2O[C@@H](n3cnc4c(NC(=O)c5ccccc5)ncnc43)[C@H](OCc3cccs3)[C@@H]2OP(=O)(OCCC#N)N(C(C)C)C(C)C)(c2ccccc2)c2ccc(OC)cc2)cc1. The predicted molar refractivity (Wildman–Crippen MR) is 266 cm³/mol. The Morgan fingerprint density at radius 1 is 0.843 bits per heavy atom. The molecule has 1 amide bonds. The van der Waals surface area contributed by atoms with E-state index in [4.69, 9.17) is 37.7 Å². The number of ether oxygens (including phenoxy) is 5. The summed E-state index contributed by atoms with van der Waals surface area (Å²) < 4.78 is 65.1. The summed E-state index contributed by atoms with van der Waals surface area (Å²) >= 11 is 1.52. The number of benzene rings is 4. The molecule has 1 saturated heterocycles. The van der Waals surface area contributed by atoms with E-state index in [2.05, 4.69) is 21.4 Å². The average Bonchev–Trinajstić information content (AvgIpc) is 4.14. The van der Waals surface area contributed by atoms with Gasteiger partial charge in [0.05, 0.1) is 52.9 Å². The highest BCUT2D eigenvalue weighted by Crippen LogP contribution is 2.58. The molecule has 7 aromatic rings. The second-order valence-corrected chi connectivity index (χ2v) is 19.8. The molecule has 364 valence electrons. The number of rotatable bonds is 22. The molecule has 0 saturated carbocycles. The Balaban J connectivity index is 1.28. The van der Waals surface area contributed by atoms with Gasteiger partial charge in [-0.15, -0.1) is 11.3 Å². The summed E-state index contributed by atoms with van der Waals surface area (Å²) in [6.45, 7) is 7.46. The highest BCUT2D eigenvalue weighted by atomic mass is 32.1. The molecular formula is C52H56N7O9PS. The number of hydrogen-bond acceptors (Lipinski definition) is 14. The van der Waals surface area contributed by atoms with E-state index in [0.29, 0.717) is 28.2 Å². The fraction of sp³-hybridized carbons (Fsp3) is 0.327. The fourth-order valence-electron chi connectivity index (χ4n) is 8.80. The number of hydrogen-bond donors (Lipinski definition) is 1. The van der Waals surface area contributed by atoms with Crippen LogP contribution in [0.3, 0.4) is 0 Å². The van der Waals surface area contributed by atoms with E-state index in [1.807, 2.05) is 130 Å². The largest absolute Gasteiger partial charge is 0.497 e. The molecule has 1 aliphatic rings. The van der Waals surface area contributed by atoms with Crippen LogP contribution in [0.4, 0.5) is 5.82 Å². The van der Waals surface area contributed by atoms with Crippen LogP contribution in [0.15, 0.2) is 139 Å². The van der Waals surface area contributed by atoms with Gasteiger partial charge in [-0.3, -0.25) is 18.4 Å². The maximum atomic E-state index is 15.7. The van der Waals surface area contributed by atoms with E-state index in [0.717, 1.165) is 21.6 Å². The van der Waals surface area contributed by atoms with Crippen LogP contribution in [0.1, 0.15) is 72.3 Å². The van der Waals surface area contributed by atoms with Gasteiger partial charge in [-0.25, -0.2) is 24.2 Å². The minimum atomic E-state index is -4.30. The van der Waals surface area contributed by atoms with Gasteiger partial charge in [0.15, 0.2) is 23.2 Å². The molecule has 8 rings (SSSR count). The smallest absolute Gasteiger partial charge is 0.409 e. The Morgan fingerprint density at radius 2 is 1.47 bits per heavy atom. The van der Waals surface area contributed by atoms with Crippen LogP contribution in [0.2, 0.25) is 0 Å². The summed E-state index contributed by atoms with van der Waals surface area (Å²) in [5.41, 5.74) is 2.13. The van der Waals surface area contributed by atoms with Crippen molar-refractivity contribution < 1.29 is 42.1 Å². The zero-order chi connectivity index (χ0) is 49.3. The number of fused-ring (bicyclic) bond motifs is 1. The minimum absolute atomic E-state index is 0.0286. The molecule has 0 spiro atoms. The van der Waals surface area contributed by atoms with Crippen molar-refractivity contribution in [1.82, 2.24) is 24.2 Å². The first-order valence-corrected chi connectivity index (χ1v) is 25.3. The number of nitrogens with one attached hydrogen (secondary N) is 1. The lowest BCUT2D eigenvalue weighted by molar-refractivity contribution is -0.0965. The monoisotopic (exact) mass is 985 g/mol. The highest BCUT2D eigenvalue weighted by Gasteiger charge is 2.54. The van der Waals surface area contributed by atoms with E-state index >= 15 is 4.57 Å². The first kappa shape index (κ1) is 50.1. The molecule has 0 aliphatic carbocycles. The van der Waals surface area contributed by atoms with Gasteiger partial charge in [0.25, 0.3) is 5.91 Å². The number of thiophene rings is 1. The number of nitrogens with zero attached hydrogens (tertiary/aromatic N) is 6. The molecule has 1 N–H and O–H groups in total. The van der Waals surface area contributed by atoms with Crippen molar-refractivity contribution >= 4 is 42.0 Å². The predicted octanol–water partition coefficient (Wildman–Crippen LogP) is 10.2. The van der Waals surface area contributed by atoms with Crippen LogP contribution in [0.5, 0.6) is 11.5 Å². The lowest BCUT2D eigenvalue weighted by Crippen LogP contribution is -2.44. The molecule has 0 radical (unpaired) electrons. The zero-order valence-electron chi connectivity index (χ0n) is 39.8. The van der Waals surface area contributed by atoms with Crippen molar-refractivity contribution in [3.63, 3.8) is 0 Å². The van der Waals surface area contributed by atoms with Crippen molar-refractivity contribution in [2.45, 2.75) is 82.9 Å². The van der Waals surface area contributed by atoms with Crippen molar-refractivity contribution in [2.75, 3.05) is 32.8 Å². The number of methoxy groups -OCH3 is 2. The van der Waals surface area contributed by atoms with Gasteiger partial charge in [0.2, 0.25) is 0 Å². The molecule has 3 aromatic heterocycles.